The summed E-state index contributed by atoms with van der Waals surface area (Å²) >= 11 is 0. The second-order valence-corrected chi connectivity index (χ2v) is 4.07. The van der Waals surface area contributed by atoms with Crippen LogP contribution in [-0.2, 0) is 0 Å². The molecule has 82 valence electrons. The molecule has 1 N–H and O–H groups in total. The van der Waals surface area contributed by atoms with Crippen molar-refractivity contribution in [3.63, 3.8) is 0 Å². The van der Waals surface area contributed by atoms with Gasteiger partial charge in [-0.15, -0.1) is 0 Å². The number of hydrogen-bond acceptors (Lipinski definition) is 2. The average molecular weight is 209 g/mol. The van der Waals surface area contributed by atoms with Crippen LogP contribution in [0.5, 0.6) is 0 Å². The quantitative estimate of drug-likeness (QED) is 0.808. The van der Waals surface area contributed by atoms with Crippen LogP contribution >= 0.6 is 0 Å². The van der Waals surface area contributed by atoms with Gasteiger partial charge < -0.3 is 10.0 Å². The van der Waals surface area contributed by atoms with Gasteiger partial charge in [0.25, 0.3) is 0 Å². The van der Waals surface area contributed by atoms with Gasteiger partial charge in [0.15, 0.2) is 0 Å². The lowest BCUT2D eigenvalue weighted by molar-refractivity contribution is 0.199. The first-order valence-electron chi connectivity index (χ1n) is 5.41. The standard InChI is InChI=1S/C12H16FNO/c1-9(15)11-5-4-10(13)8-12(11)14-6-2-3-7-14/h4-5,8-9,15H,2-3,6-7H2,1H3. The minimum Gasteiger partial charge on any atom is -0.389 e. The highest BCUT2D eigenvalue weighted by Gasteiger charge is 2.18. The summed E-state index contributed by atoms with van der Waals surface area (Å²) in [4.78, 5) is 2.14. The van der Waals surface area contributed by atoms with Crippen LogP contribution in [0.4, 0.5) is 10.1 Å². The number of benzene rings is 1. The Hall–Kier alpha value is -1.09. The zero-order valence-electron chi connectivity index (χ0n) is 8.91. The summed E-state index contributed by atoms with van der Waals surface area (Å²) < 4.78 is 13.2. The van der Waals surface area contributed by atoms with E-state index in [1.807, 2.05) is 0 Å². The second kappa shape index (κ2) is 4.19. The summed E-state index contributed by atoms with van der Waals surface area (Å²) in [7, 11) is 0. The van der Waals surface area contributed by atoms with Crippen molar-refractivity contribution in [3.05, 3.63) is 29.6 Å². The van der Waals surface area contributed by atoms with Gasteiger partial charge in [-0.2, -0.15) is 0 Å². The highest BCUT2D eigenvalue weighted by molar-refractivity contribution is 5.55. The van der Waals surface area contributed by atoms with Crippen LogP contribution in [0.1, 0.15) is 31.4 Å². The maximum atomic E-state index is 13.2. The molecule has 1 heterocycles. The molecule has 3 heteroatoms. The molecule has 2 rings (SSSR count). The average Bonchev–Trinajstić information content (AvgIpc) is 2.69. The van der Waals surface area contributed by atoms with E-state index in [2.05, 4.69) is 4.90 Å². The molecule has 1 aromatic rings. The Morgan fingerprint density at radius 3 is 2.60 bits per heavy atom. The van der Waals surface area contributed by atoms with E-state index in [-0.39, 0.29) is 5.82 Å². The van der Waals surface area contributed by atoms with E-state index in [9.17, 15) is 9.50 Å². The number of anilines is 1. The number of aliphatic hydroxyl groups is 1. The van der Waals surface area contributed by atoms with E-state index in [1.54, 1.807) is 13.0 Å². The largest absolute Gasteiger partial charge is 0.389 e. The first-order chi connectivity index (χ1) is 7.18. The van der Waals surface area contributed by atoms with Crippen LogP contribution < -0.4 is 4.90 Å². The van der Waals surface area contributed by atoms with Gasteiger partial charge >= 0.3 is 0 Å². The Morgan fingerprint density at radius 1 is 1.33 bits per heavy atom. The fourth-order valence-electron chi connectivity index (χ4n) is 2.10. The molecule has 1 aromatic carbocycles. The summed E-state index contributed by atoms with van der Waals surface area (Å²) in [5, 5.41) is 9.61. The Balaban J connectivity index is 2.37. The molecule has 1 fully saturated rings. The van der Waals surface area contributed by atoms with Crippen LogP contribution in [-0.4, -0.2) is 18.2 Å². The van der Waals surface area contributed by atoms with Crippen molar-refractivity contribution in [3.8, 4) is 0 Å². The molecular formula is C12H16FNO. The molecular weight excluding hydrogens is 193 g/mol. The summed E-state index contributed by atoms with van der Waals surface area (Å²) in [5.74, 6) is -0.235. The predicted molar refractivity (Wildman–Crippen MR) is 58.5 cm³/mol. The molecule has 1 aliphatic heterocycles. The fraction of sp³-hybridized carbons (Fsp3) is 0.500. The lowest BCUT2D eigenvalue weighted by Crippen LogP contribution is -2.20. The first kappa shape index (κ1) is 10.4. The van der Waals surface area contributed by atoms with Crippen LogP contribution in [0.3, 0.4) is 0 Å². The molecule has 1 atom stereocenters. The Kier molecular flexibility index (Phi) is 2.91. The van der Waals surface area contributed by atoms with Crippen molar-refractivity contribution in [2.24, 2.45) is 0 Å². The van der Waals surface area contributed by atoms with Gasteiger partial charge in [0.2, 0.25) is 0 Å². The zero-order chi connectivity index (χ0) is 10.8. The minimum atomic E-state index is -0.541. The number of rotatable bonds is 2. The SMILES string of the molecule is CC(O)c1ccc(F)cc1N1CCCC1. The van der Waals surface area contributed by atoms with Gasteiger partial charge in [-0.1, -0.05) is 6.07 Å². The van der Waals surface area contributed by atoms with E-state index in [4.69, 9.17) is 0 Å². The number of halogens is 1. The third kappa shape index (κ3) is 2.12. The first-order valence-corrected chi connectivity index (χ1v) is 5.41. The molecule has 0 aromatic heterocycles. The van der Waals surface area contributed by atoms with Crippen molar-refractivity contribution in [1.82, 2.24) is 0 Å². The summed E-state index contributed by atoms with van der Waals surface area (Å²) in [5.41, 5.74) is 1.67. The lowest BCUT2D eigenvalue weighted by atomic mass is 10.1. The topological polar surface area (TPSA) is 23.5 Å². The second-order valence-electron chi connectivity index (χ2n) is 4.07. The Bertz CT molecular complexity index is 345. The van der Waals surface area contributed by atoms with E-state index in [0.29, 0.717) is 0 Å². The predicted octanol–water partition coefficient (Wildman–Crippen LogP) is 2.48. The van der Waals surface area contributed by atoms with Gasteiger partial charge in [-0.25, -0.2) is 4.39 Å². The molecule has 1 aliphatic rings. The number of aliphatic hydroxyl groups excluding tert-OH is 1. The third-order valence-electron chi connectivity index (χ3n) is 2.89. The van der Waals surface area contributed by atoms with Crippen LogP contribution in [0, 0.1) is 5.82 Å². The molecule has 1 saturated heterocycles. The molecule has 2 nitrogen and oxygen atoms in total. The normalized spacial score (nSPS) is 18.2. The van der Waals surface area contributed by atoms with E-state index in [1.165, 1.54) is 12.1 Å². The molecule has 0 bridgehead atoms. The van der Waals surface area contributed by atoms with Crippen LogP contribution in [0.2, 0.25) is 0 Å². The monoisotopic (exact) mass is 209 g/mol. The van der Waals surface area contributed by atoms with Gasteiger partial charge in [-0.3, -0.25) is 0 Å². The van der Waals surface area contributed by atoms with Crippen molar-refractivity contribution in [2.75, 3.05) is 18.0 Å². The maximum absolute atomic E-state index is 13.2. The van der Waals surface area contributed by atoms with E-state index < -0.39 is 6.10 Å². The highest BCUT2D eigenvalue weighted by Crippen LogP contribution is 2.29. The molecule has 0 amide bonds. The summed E-state index contributed by atoms with van der Waals surface area (Å²) in [6.45, 7) is 3.64. The minimum absolute atomic E-state index is 0.235. The number of hydrogen-bond donors (Lipinski definition) is 1. The van der Waals surface area contributed by atoms with Gasteiger partial charge in [-0.05, 0) is 31.9 Å². The fourth-order valence-corrected chi connectivity index (χ4v) is 2.10. The third-order valence-corrected chi connectivity index (χ3v) is 2.89. The Labute approximate surface area is 89.3 Å². The lowest BCUT2D eigenvalue weighted by Gasteiger charge is -2.22. The van der Waals surface area contributed by atoms with Crippen LogP contribution in [0.25, 0.3) is 0 Å². The highest BCUT2D eigenvalue weighted by atomic mass is 19.1. The summed E-state index contributed by atoms with van der Waals surface area (Å²) in [6.07, 6.45) is 1.76. The summed E-state index contributed by atoms with van der Waals surface area (Å²) in [6, 6.07) is 4.60. The van der Waals surface area contributed by atoms with Gasteiger partial charge in [0.1, 0.15) is 5.82 Å². The molecule has 0 spiro atoms. The molecule has 1 unspecified atom stereocenters. The van der Waals surface area contributed by atoms with Gasteiger partial charge in [0, 0.05) is 24.3 Å². The van der Waals surface area contributed by atoms with Crippen LogP contribution in [0.15, 0.2) is 18.2 Å². The molecule has 0 saturated carbocycles. The van der Waals surface area contributed by atoms with E-state index in [0.717, 1.165) is 37.2 Å². The zero-order valence-corrected chi connectivity index (χ0v) is 8.91. The maximum Gasteiger partial charge on any atom is 0.125 e. The van der Waals surface area contributed by atoms with Crippen molar-refractivity contribution >= 4 is 5.69 Å². The van der Waals surface area contributed by atoms with Crippen molar-refractivity contribution in [2.45, 2.75) is 25.9 Å². The van der Waals surface area contributed by atoms with Crippen molar-refractivity contribution < 1.29 is 9.50 Å². The molecule has 0 aliphatic carbocycles. The van der Waals surface area contributed by atoms with Gasteiger partial charge in [0.05, 0.1) is 6.10 Å². The number of nitrogens with zero attached hydrogens (tertiary/aromatic N) is 1. The van der Waals surface area contributed by atoms with E-state index >= 15 is 0 Å². The molecule has 0 radical (unpaired) electrons. The van der Waals surface area contributed by atoms with Crippen molar-refractivity contribution in [1.29, 1.82) is 0 Å². The molecule has 15 heavy (non-hydrogen) atoms. The smallest absolute Gasteiger partial charge is 0.125 e. The Morgan fingerprint density at radius 2 is 2.00 bits per heavy atom.